The Morgan fingerprint density at radius 2 is 1.36 bits per heavy atom. The highest BCUT2D eigenvalue weighted by Gasteiger charge is 1.96. The number of aliphatic hydroxyl groups excluding tert-OH is 1. The summed E-state index contributed by atoms with van der Waals surface area (Å²) in [5.74, 6) is 0.848. The molecule has 1 N–H and O–H groups in total. The summed E-state index contributed by atoms with van der Waals surface area (Å²) in [4.78, 5) is 0. The van der Waals surface area contributed by atoms with Crippen LogP contribution in [0.1, 0.15) is 25.7 Å². The molecule has 0 spiro atoms. The van der Waals surface area contributed by atoms with E-state index >= 15 is 0 Å². The first kappa shape index (κ1) is 16.2. The van der Waals surface area contributed by atoms with Crippen LogP contribution in [0.2, 0.25) is 0 Å². The molecule has 0 amide bonds. The van der Waals surface area contributed by atoms with Crippen molar-refractivity contribution in [1.82, 2.24) is 0 Å². The summed E-state index contributed by atoms with van der Waals surface area (Å²) in [7, 11) is 0. The summed E-state index contributed by atoms with van der Waals surface area (Å²) >= 11 is 0. The molecule has 4 nitrogen and oxygen atoms in total. The van der Waals surface area contributed by atoms with E-state index in [1.54, 1.807) is 0 Å². The number of unbranched alkanes of at least 4 members (excludes halogenated alkanes) is 3. The lowest BCUT2D eigenvalue weighted by Gasteiger charge is -2.05. The Bertz CT molecular complexity index is 553. The van der Waals surface area contributed by atoms with Crippen LogP contribution in [0.5, 0.6) is 5.75 Å². The lowest BCUT2D eigenvalue weighted by molar-refractivity contribution is 0.273. The third-order valence-electron chi connectivity index (χ3n) is 3.20. The van der Waals surface area contributed by atoms with Crippen molar-refractivity contribution in [3.05, 3.63) is 54.6 Å². The van der Waals surface area contributed by atoms with Crippen LogP contribution in [0, 0.1) is 0 Å². The van der Waals surface area contributed by atoms with E-state index in [1.165, 1.54) is 0 Å². The van der Waals surface area contributed by atoms with E-state index in [0.717, 1.165) is 42.8 Å². The molecule has 0 saturated heterocycles. The fourth-order valence-electron chi connectivity index (χ4n) is 1.98. The second-order valence-electron chi connectivity index (χ2n) is 5.02. The molecule has 0 aliphatic carbocycles. The number of nitrogens with zero attached hydrogens (tertiary/aromatic N) is 2. The van der Waals surface area contributed by atoms with Crippen LogP contribution in [0.3, 0.4) is 0 Å². The van der Waals surface area contributed by atoms with Crippen LogP contribution in [-0.2, 0) is 0 Å². The minimum Gasteiger partial charge on any atom is -0.494 e. The minimum absolute atomic E-state index is 0.278. The van der Waals surface area contributed by atoms with Gasteiger partial charge in [0.25, 0.3) is 0 Å². The predicted molar refractivity (Wildman–Crippen MR) is 88.1 cm³/mol. The van der Waals surface area contributed by atoms with Gasteiger partial charge in [0.15, 0.2) is 0 Å². The van der Waals surface area contributed by atoms with E-state index in [9.17, 15) is 0 Å². The Labute approximate surface area is 131 Å². The third kappa shape index (κ3) is 6.06. The van der Waals surface area contributed by atoms with Gasteiger partial charge in [-0.3, -0.25) is 0 Å². The zero-order chi connectivity index (χ0) is 15.5. The molecule has 4 heteroatoms. The van der Waals surface area contributed by atoms with E-state index in [4.69, 9.17) is 9.84 Å². The van der Waals surface area contributed by atoms with Crippen molar-refractivity contribution >= 4 is 11.4 Å². The maximum absolute atomic E-state index is 8.70. The summed E-state index contributed by atoms with van der Waals surface area (Å²) in [5, 5.41) is 17.1. The molecular weight excluding hydrogens is 276 g/mol. The van der Waals surface area contributed by atoms with Gasteiger partial charge in [0, 0.05) is 6.61 Å². The number of hydrogen-bond donors (Lipinski definition) is 1. The molecule has 0 saturated carbocycles. The Morgan fingerprint density at radius 3 is 2.05 bits per heavy atom. The van der Waals surface area contributed by atoms with E-state index in [1.807, 2.05) is 54.6 Å². The van der Waals surface area contributed by atoms with Gasteiger partial charge in [-0.1, -0.05) is 24.6 Å². The van der Waals surface area contributed by atoms with Crippen molar-refractivity contribution in [2.75, 3.05) is 13.2 Å². The molecule has 2 aromatic rings. The van der Waals surface area contributed by atoms with Gasteiger partial charge >= 0.3 is 0 Å². The summed E-state index contributed by atoms with van der Waals surface area (Å²) < 4.78 is 5.67. The van der Waals surface area contributed by atoms with E-state index < -0.39 is 0 Å². The second kappa shape index (κ2) is 9.68. The average Bonchev–Trinajstić information content (AvgIpc) is 2.58. The fraction of sp³-hybridized carbons (Fsp3) is 0.333. The van der Waals surface area contributed by atoms with Crippen LogP contribution >= 0.6 is 0 Å². The Hall–Kier alpha value is -2.20. The van der Waals surface area contributed by atoms with Crippen LogP contribution in [0.15, 0.2) is 64.8 Å². The molecule has 0 fully saturated rings. The van der Waals surface area contributed by atoms with Crippen molar-refractivity contribution in [3.63, 3.8) is 0 Å². The maximum atomic E-state index is 8.70. The van der Waals surface area contributed by atoms with Gasteiger partial charge in [-0.25, -0.2) is 0 Å². The highest BCUT2D eigenvalue weighted by molar-refractivity contribution is 5.42. The van der Waals surface area contributed by atoms with Gasteiger partial charge in [-0.2, -0.15) is 10.2 Å². The van der Waals surface area contributed by atoms with Crippen molar-refractivity contribution in [2.45, 2.75) is 25.7 Å². The van der Waals surface area contributed by atoms with Crippen molar-refractivity contribution in [3.8, 4) is 5.75 Å². The topological polar surface area (TPSA) is 54.2 Å². The van der Waals surface area contributed by atoms with Crippen LogP contribution in [0.4, 0.5) is 11.4 Å². The molecule has 2 aromatic carbocycles. The predicted octanol–water partition coefficient (Wildman–Crippen LogP) is 5.03. The van der Waals surface area contributed by atoms with Crippen molar-refractivity contribution < 1.29 is 9.84 Å². The van der Waals surface area contributed by atoms with Crippen LogP contribution < -0.4 is 4.74 Å². The average molecular weight is 298 g/mol. The Balaban J connectivity index is 1.74. The lowest BCUT2D eigenvalue weighted by atomic mass is 10.2. The molecule has 0 heterocycles. The lowest BCUT2D eigenvalue weighted by Crippen LogP contribution is -1.97. The van der Waals surface area contributed by atoms with Crippen LogP contribution in [-0.4, -0.2) is 18.3 Å². The van der Waals surface area contributed by atoms with Crippen LogP contribution in [0.25, 0.3) is 0 Å². The first-order chi connectivity index (χ1) is 10.9. The van der Waals surface area contributed by atoms with Gasteiger partial charge < -0.3 is 9.84 Å². The summed E-state index contributed by atoms with van der Waals surface area (Å²) in [6.07, 6.45) is 4.03. The summed E-state index contributed by atoms with van der Waals surface area (Å²) in [5.41, 5.74) is 1.64. The fourth-order valence-corrected chi connectivity index (χ4v) is 1.98. The number of benzene rings is 2. The SMILES string of the molecule is OCCCCCCOc1ccc(N=Nc2ccccc2)cc1. The standard InChI is InChI=1S/C18H22N2O2/c21-14-6-1-2-7-15-22-18-12-10-17(11-13-18)20-19-16-8-4-3-5-9-16/h3-5,8-13,21H,1-2,6-7,14-15H2. The van der Waals surface area contributed by atoms with Gasteiger partial charge in [-0.05, 0) is 55.7 Å². The molecule has 116 valence electrons. The molecular formula is C18H22N2O2. The zero-order valence-corrected chi connectivity index (χ0v) is 12.7. The van der Waals surface area contributed by atoms with Gasteiger partial charge in [-0.15, -0.1) is 0 Å². The molecule has 0 unspecified atom stereocenters. The highest BCUT2D eigenvalue weighted by Crippen LogP contribution is 2.21. The minimum atomic E-state index is 0.278. The number of rotatable bonds is 9. The van der Waals surface area contributed by atoms with Gasteiger partial charge in [0.05, 0.1) is 18.0 Å². The van der Waals surface area contributed by atoms with Gasteiger partial charge in [0.1, 0.15) is 5.75 Å². The largest absolute Gasteiger partial charge is 0.494 e. The van der Waals surface area contributed by atoms with E-state index in [-0.39, 0.29) is 6.61 Å². The monoisotopic (exact) mass is 298 g/mol. The molecule has 22 heavy (non-hydrogen) atoms. The molecule has 2 rings (SSSR count). The van der Waals surface area contributed by atoms with E-state index in [0.29, 0.717) is 6.61 Å². The smallest absolute Gasteiger partial charge is 0.119 e. The molecule has 0 atom stereocenters. The molecule has 0 bridgehead atoms. The van der Waals surface area contributed by atoms with Gasteiger partial charge in [0.2, 0.25) is 0 Å². The number of aliphatic hydroxyl groups is 1. The molecule has 0 radical (unpaired) electrons. The first-order valence-corrected chi connectivity index (χ1v) is 7.69. The number of azo groups is 1. The van der Waals surface area contributed by atoms with E-state index in [2.05, 4.69) is 10.2 Å². The van der Waals surface area contributed by atoms with Crippen molar-refractivity contribution in [1.29, 1.82) is 0 Å². The summed E-state index contributed by atoms with van der Waals surface area (Å²) in [6.45, 7) is 0.982. The number of hydrogen-bond acceptors (Lipinski definition) is 4. The second-order valence-corrected chi connectivity index (χ2v) is 5.02. The molecule has 0 aromatic heterocycles. The quantitative estimate of drug-likeness (QED) is 0.521. The summed E-state index contributed by atoms with van der Waals surface area (Å²) in [6, 6.07) is 17.3. The molecule has 0 aliphatic heterocycles. The maximum Gasteiger partial charge on any atom is 0.119 e. The Kier molecular flexibility index (Phi) is 7.12. The third-order valence-corrected chi connectivity index (χ3v) is 3.20. The highest BCUT2D eigenvalue weighted by atomic mass is 16.5. The Morgan fingerprint density at radius 1 is 0.727 bits per heavy atom. The first-order valence-electron chi connectivity index (χ1n) is 7.69. The normalized spacial score (nSPS) is 11.0. The van der Waals surface area contributed by atoms with Crippen molar-refractivity contribution in [2.24, 2.45) is 10.2 Å². The molecule has 0 aliphatic rings. The number of ether oxygens (including phenoxy) is 1. The zero-order valence-electron chi connectivity index (χ0n) is 12.7.